The lowest BCUT2D eigenvalue weighted by Gasteiger charge is -2.21. The van der Waals surface area contributed by atoms with Gasteiger partial charge in [0.1, 0.15) is 19.3 Å². The summed E-state index contributed by atoms with van der Waals surface area (Å²) in [6, 6.07) is 0. The first kappa shape index (κ1) is 106. The van der Waals surface area contributed by atoms with Crippen LogP contribution in [0.25, 0.3) is 0 Å². The lowest BCUT2D eigenvalue weighted by atomic mass is 9.99. The van der Waals surface area contributed by atoms with Gasteiger partial charge in [0.15, 0.2) is 12.2 Å². The summed E-state index contributed by atoms with van der Waals surface area (Å²) in [5, 5.41) is 10.7. The third-order valence-corrected chi connectivity index (χ3v) is 23.1. The topological polar surface area (TPSA) is 237 Å². The Morgan fingerprint density at radius 3 is 0.704 bits per heavy atom. The molecule has 3 N–H and O–H groups in total. The Labute approximate surface area is 664 Å². The van der Waals surface area contributed by atoms with E-state index in [1.165, 1.54) is 283 Å². The number of hydrogen-bond donors (Lipinski definition) is 3. The predicted octanol–water partition coefficient (Wildman–Crippen LogP) is 27.3. The summed E-state index contributed by atoms with van der Waals surface area (Å²) in [4.78, 5) is 73.3. The van der Waals surface area contributed by atoms with Gasteiger partial charge in [0.05, 0.1) is 26.4 Å². The van der Waals surface area contributed by atoms with Crippen molar-refractivity contribution in [3.63, 3.8) is 0 Å². The quantitative estimate of drug-likeness (QED) is 0.0222. The average Bonchev–Trinajstić information content (AvgIpc) is 0.898. The molecule has 0 aromatic rings. The summed E-state index contributed by atoms with van der Waals surface area (Å²) in [5.41, 5.74) is 0. The van der Waals surface area contributed by atoms with E-state index in [0.29, 0.717) is 25.7 Å². The standard InChI is InChI=1S/C89H174O17P2/c1-8-10-11-12-13-14-15-16-17-20-26-32-37-42-51-58-65-73-89(94)106-85(77-100-87(92)71-64-57-50-45-44-47-54-61-68-81(5)6)79-104-108(97,98)102-75-83(90)74-101-107(95,96)103-78-84(76-99-86(91)70-63-56-49-41-36-31-28-23-24-29-34-39-46-53-60-67-80(3)4)105-88(93)72-66-59-52-43-38-33-27-22-19-18-21-25-30-35-40-48-55-62-69-82(7)9-2/h80-85,90H,8-79H2,1-7H3,(H,95,96)(H,97,98)/t82?,83-,84-,85-/m1/s1. The molecule has 0 rings (SSSR count). The first-order valence-electron chi connectivity index (χ1n) is 45.9. The van der Waals surface area contributed by atoms with E-state index in [4.69, 9.17) is 37.0 Å². The van der Waals surface area contributed by atoms with Gasteiger partial charge in [0, 0.05) is 25.7 Å². The summed E-state index contributed by atoms with van der Waals surface area (Å²) in [7, 11) is -9.93. The van der Waals surface area contributed by atoms with E-state index in [0.717, 1.165) is 108 Å². The van der Waals surface area contributed by atoms with Gasteiger partial charge in [-0.05, 0) is 43.4 Å². The van der Waals surface area contributed by atoms with E-state index in [1.807, 2.05) is 0 Å². The fourth-order valence-electron chi connectivity index (χ4n) is 13.9. The molecule has 0 aliphatic carbocycles. The van der Waals surface area contributed by atoms with Crippen molar-refractivity contribution in [3.8, 4) is 0 Å². The molecule has 0 radical (unpaired) electrons. The second kappa shape index (κ2) is 78.9. The Balaban J connectivity index is 5.24. The number of aliphatic hydroxyl groups excluding tert-OH is 1. The van der Waals surface area contributed by atoms with Crippen LogP contribution >= 0.6 is 15.6 Å². The van der Waals surface area contributed by atoms with Crippen molar-refractivity contribution in [2.45, 2.75) is 491 Å². The highest BCUT2D eigenvalue weighted by atomic mass is 31.2. The Kier molecular flexibility index (Phi) is 77.5. The number of carbonyl (C=O) groups excluding carboxylic acids is 4. The van der Waals surface area contributed by atoms with Gasteiger partial charge in [-0.15, -0.1) is 0 Å². The molecule has 0 aromatic heterocycles. The van der Waals surface area contributed by atoms with Gasteiger partial charge in [0.2, 0.25) is 0 Å². The minimum atomic E-state index is -4.97. The highest BCUT2D eigenvalue weighted by Crippen LogP contribution is 2.45. The van der Waals surface area contributed by atoms with E-state index in [2.05, 4.69) is 48.5 Å². The third-order valence-electron chi connectivity index (χ3n) is 21.2. The Morgan fingerprint density at radius 1 is 0.269 bits per heavy atom. The van der Waals surface area contributed by atoms with Gasteiger partial charge in [-0.2, -0.15) is 0 Å². The molecular formula is C89H174O17P2. The van der Waals surface area contributed by atoms with Crippen LogP contribution in [0.4, 0.5) is 0 Å². The van der Waals surface area contributed by atoms with Crippen molar-refractivity contribution in [2.75, 3.05) is 39.6 Å². The number of aliphatic hydroxyl groups is 1. The van der Waals surface area contributed by atoms with Crippen molar-refractivity contribution in [2.24, 2.45) is 17.8 Å². The van der Waals surface area contributed by atoms with Gasteiger partial charge in [0.25, 0.3) is 0 Å². The predicted molar refractivity (Wildman–Crippen MR) is 446 cm³/mol. The molecule has 0 spiro atoms. The fourth-order valence-corrected chi connectivity index (χ4v) is 15.4. The van der Waals surface area contributed by atoms with Crippen molar-refractivity contribution >= 4 is 39.5 Å². The van der Waals surface area contributed by atoms with E-state index < -0.39 is 97.5 Å². The van der Waals surface area contributed by atoms with Crippen molar-refractivity contribution in [3.05, 3.63) is 0 Å². The molecule has 0 amide bonds. The molecule has 0 bridgehead atoms. The Hall–Kier alpha value is -1.94. The maximum absolute atomic E-state index is 13.2. The minimum Gasteiger partial charge on any atom is -0.462 e. The van der Waals surface area contributed by atoms with Gasteiger partial charge in [-0.25, -0.2) is 9.13 Å². The zero-order chi connectivity index (χ0) is 79.3. The smallest absolute Gasteiger partial charge is 0.462 e. The molecule has 0 heterocycles. The number of carbonyl (C=O) groups is 4. The lowest BCUT2D eigenvalue weighted by Crippen LogP contribution is -2.30. The van der Waals surface area contributed by atoms with E-state index in [-0.39, 0.29) is 25.7 Å². The Bertz CT molecular complexity index is 2080. The first-order valence-corrected chi connectivity index (χ1v) is 48.9. The molecule has 19 heteroatoms. The molecule has 17 nitrogen and oxygen atoms in total. The van der Waals surface area contributed by atoms with E-state index in [9.17, 15) is 43.2 Å². The number of esters is 4. The largest absolute Gasteiger partial charge is 0.472 e. The monoisotopic (exact) mass is 1580 g/mol. The van der Waals surface area contributed by atoms with Crippen molar-refractivity contribution < 1.29 is 80.2 Å². The second-order valence-corrected chi connectivity index (χ2v) is 36.1. The van der Waals surface area contributed by atoms with Crippen LogP contribution in [0, 0.1) is 17.8 Å². The van der Waals surface area contributed by atoms with Crippen molar-refractivity contribution in [1.82, 2.24) is 0 Å². The lowest BCUT2D eigenvalue weighted by molar-refractivity contribution is -0.161. The Morgan fingerprint density at radius 2 is 0.472 bits per heavy atom. The molecule has 3 unspecified atom stereocenters. The molecule has 0 saturated heterocycles. The molecule has 0 saturated carbocycles. The van der Waals surface area contributed by atoms with Gasteiger partial charge >= 0.3 is 39.5 Å². The summed E-state index contributed by atoms with van der Waals surface area (Å²) < 4.78 is 69.0. The minimum absolute atomic E-state index is 0.108. The van der Waals surface area contributed by atoms with Crippen LogP contribution in [0.1, 0.15) is 472 Å². The average molecular weight is 1580 g/mol. The highest BCUT2D eigenvalue weighted by Gasteiger charge is 2.31. The number of phosphoric acid groups is 2. The van der Waals surface area contributed by atoms with Crippen molar-refractivity contribution in [1.29, 1.82) is 0 Å². The van der Waals surface area contributed by atoms with Crippen LogP contribution in [-0.4, -0.2) is 96.7 Å². The number of rotatable bonds is 87. The van der Waals surface area contributed by atoms with E-state index >= 15 is 0 Å². The fraction of sp³-hybridized carbons (Fsp3) is 0.955. The summed E-state index contributed by atoms with van der Waals surface area (Å²) in [6.45, 7) is 12.1. The number of phosphoric ester groups is 2. The third kappa shape index (κ3) is 80.7. The summed E-state index contributed by atoms with van der Waals surface area (Å²) in [5.74, 6) is 0.303. The summed E-state index contributed by atoms with van der Waals surface area (Å²) in [6.07, 6.45) is 70.8. The van der Waals surface area contributed by atoms with E-state index in [1.54, 1.807) is 0 Å². The number of unbranched alkanes of at least 4 members (excludes halogenated alkanes) is 54. The van der Waals surface area contributed by atoms with Crippen LogP contribution in [-0.2, 0) is 65.4 Å². The molecule has 6 atom stereocenters. The molecule has 0 aliphatic heterocycles. The maximum Gasteiger partial charge on any atom is 0.472 e. The van der Waals surface area contributed by atoms with Gasteiger partial charge < -0.3 is 33.8 Å². The molecule has 0 aliphatic rings. The number of ether oxygens (including phenoxy) is 4. The van der Waals surface area contributed by atoms with Crippen LogP contribution in [0.5, 0.6) is 0 Å². The van der Waals surface area contributed by atoms with Crippen LogP contribution < -0.4 is 0 Å². The van der Waals surface area contributed by atoms with Gasteiger partial charge in [-0.1, -0.05) is 421 Å². The molecular weight excluding hydrogens is 1400 g/mol. The highest BCUT2D eigenvalue weighted by molar-refractivity contribution is 7.47. The molecule has 0 aromatic carbocycles. The van der Waals surface area contributed by atoms with Crippen LogP contribution in [0.2, 0.25) is 0 Å². The SMILES string of the molecule is CCCCCCCCCCCCCCCCCCCC(=O)O[C@H](COC(=O)CCCCCCCCCCC(C)C)COP(=O)(O)OC[C@H](O)COP(=O)(O)OC[C@@H](COC(=O)CCCCCCCCCCCCCCCCCC(C)C)OC(=O)CCCCCCCCCCCCCCCCCCCCC(C)CC. The zero-order valence-corrected chi connectivity index (χ0v) is 73.1. The normalized spacial score (nSPS) is 14.1. The molecule has 642 valence electrons. The molecule has 0 fully saturated rings. The van der Waals surface area contributed by atoms with Crippen LogP contribution in [0.3, 0.4) is 0 Å². The molecule has 108 heavy (non-hydrogen) atoms. The summed E-state index contributed by atoms with van der Waals surface area (Å²) >= 11 is 0. The van der Waals surface area contributed by atoms with Gasteiger partial charge in [-0.3, -0.25) is 37.3 Å². The first-order chi connectivity index (χ1) is 52.3. The second-order valence-electron chi connectivity index (χ2n) is 33.2. The zero-order valence-electron chi connectivity index (χ0n) is 71.3. The number of hydrogen-bond acceptors (Lipinski definition) is 15. The maximum atomic E-state index is 13.2. The van der Waals surface area contributed by atoms with Crippen LogP contribution in [0.15, 0.2) is 0 Å².